The van der Waals surface area contributed by atoms with Crippen LogP contribution in [0.15, 0.2) is 6.07 Å². The number of piperidine rings is 1. The second-order valence-corrected chi connectivity index (χ2v) is 5.39. The van der Waals surface area contributed by atoms with Crippen molar-refractivity contribution in [2.75, 3.05) is 51.6 Å². The minimum Gasteiger partial charge on any atom is -0.377 e. The van der Waals surface area contributed by atoms with Gasteiger partial charge in [0.1, 0.15) is 18.2 Å². The summed E-state index contributed by atoms with van der Waals surface area (Å²) in [4.78, 5) is 13.6. The fourth-order valence-corrected chi connectivity index (χ4v) is 2.58. The van der Waals surface area contributed by atoms with E-state index in [-0.39, 0.29) is 0 Å². The van der Waals surface area contributed by atoms with Gasteiger partial charge < -0.3 is 19.9 Å². The van der Waals surface area contributed by atoms with Crippen LogP contribution in [0.3, 0.4) is 0 Å². The normalized spacial score (nSPS) is 16.8. The molecule has 20 heavy (non-hydrogen) atoms. The average molecular weight is 279 g/mol. The number of hydrogen-bond donors (Lipinski definition) is 1. The number of ether oxygens (including phenoxy) is 1. The number of nitrogens with one attached hydrogen (secondary N) is 1. The Morgan fingerprint density at radius 3 is 2.60 bits per heavy atom. The van der Waals surface area contributed by atoms with E-state index in [1.165, 1.54) is 12.8 Å². The van der Waals surface area contributed by atoms with Gasteiger partial charge in [0.05, 0.1) is 0 Å². The Morgan fingerprint density at radius 1 is 1.35 bits per heavy atom. The predicted molar refractivity (Wildman–Crippen MR) is 81.2 cm³/mol. The van der Waals surface area contributed by atoms with Gasteiger partial charge in [0.2, 0.25) is 0 Å². The van der Waals surface area contributed by atoms with Crippen LogP contribution in [-0.2, 0) is 11.3 Å². The van der Waals surface area contributed by atoms with Crippen molar-refractivity contribution in [2.24, 2.45) is 0 Å². The number of aromatic nitrogens is 2. The summed E-state index contributed by atoms with van der Waals surface area (Å²) in [6, 6.07) is 2.69. The molecule has 0 unspecified atom stereocenters. The van der Waals surface area contributed by atoms with E-state index in [0.717, 1.165) is 30.5 Å². The van der Waals surface area contributed by atoms with E-state index >= 15 is 0 Å². The van der Waals surface area contributed by atoms with Crippen molar-refractivity contribution in [1.29, 1.82) is 0 Å². The van der Waals surface area contributed by atoms with Gasteiger partial charge in [0.25, 0.3) is 0 Å². The summed E-state index contributed by atoms with van der Waals surface area (Å²) in [6.07, 6.45) is 2.34. The van der Waals surface area contributed by atoms with Gasteiger partial charge in [-0.1, -0.05) is 0 Å². The van der Waals surface area contributed by atoms with E-state index < -0.39 is 0 Å². The van der Waals surface area contributed by atoms with Gasteiger partial charge in [-0.3, -0.25) is 0 Å². The summed E-state index contributed by atoms with van der Waals surface area (Å²) in [5, 5.41) is 3.09. The van der Waals surface area contributed by atoms with Crippen molar-refractivity contribution in [3.63, 3.8) is 0 Å². The highest BCUT2D eigenvalue weighted by Gasteiger charge is 2.22. The summed E-state index contributed by atoms with van der Waals surface area (Å²) in [5.41, 5.74) is 0. The number of rotatable bonds is 5. The van der Waals surface area contributed by atoms with Crippen molar-refractivity contribution in [3.05, 3.63) is 11.9 Å². The molecule has 1 N–H and O–H groups in total. The summed E-state index contributed by atoms with van der Waals surface area (Å²) in [5.74, 6) is 2.56. The SMILES string of the molecule is CNc1cc(N2CCC(N(C)C)CC2)nc(COC)n1. The molecular weight excluding hydrogens is 254 g/mol. The van der Waals surface area contributed by atoms with Gasteiger partial charge in [-0.2, -0.15) is 0 Å². The molecule has 0 saturated carbocycles. The Kier molecular flexibility index (Phi) is 5.14. The topological polar surface area (TPSA) is 53.5 Å². The molecule has 0 aromatic carbocycles. The van der Waals surface area contributed by atoms with Crippen LogP contribution in [0.5, 0.6) is 0 Å². The highest BCUT2D eigenvalue weighted by atomic mass is 16.5. The highest BCUT2D eigenvalue weighted by Crippen LogP contribution is 2.22. The molecule has 1 aliphatic rings. The van der Waals surface area contributed by atoms with E-state index in [1.807, 2.05) is 13.1 Å². The third-order valence-corrected chi connectivity index (χ3v) is 3.81. The molecule has 6 nitrogen and oxygen atoms in total. The van der Waals surface area contributed by atoms with E-state index in [9.17, 15) is 0 Å². The van der Waals surface area contributed by atoms with Crippen molar-refractivity contribution < 1.29 is 4.74 Å². The molecule has 0 aliphatic carbocycles. The van der Waals surface area contributed by atoms with Crippen molar-refractivity contribution >= 4 is 11.6 Å². The highest BCUT2D eigenvalue weighted by molar-refractivity contribution is 5.49. The molecule has 0 bridgehead atoms. The third-order valence-electron chi connectivity index (χ3n) is 3.81. The first-order valence-corrected chi connectivity index (χ1v) is 7.10. The minimum atomic E-state index is 0.441. The smallest absolute Gasteiger partial charge is 0.158 e. The van der Waals surface area contributed by atoms with E-state index in [0.29, 0.717) is 12.6 Å². The van der Waals surface area contributed by atoms with Crippen LogP contribution in [-0.4, -0.2) is 62.3 Å². The zero-order valence-corrected chi connectivity index (χ0v) is 12.9. The molecule has 0 spiro atoms. The fourth-order valence-electron chi connectivity index (χ4n) is 2.58. The molecule has 6 heteroatoms. The van der Waals surface area contributed by atoms with Gasteiger partial charge in [-0.15, -0.1) is 0 Å². The van der Waals surface area contributed by atoms with E-state index in [4.69, 9.17) is 4.74 Å². The largest absolute Gasteiger partial charge is 0.377 e. The molecule has 1 aromatic heterocycles. The summed E-state index contributed by atoms with van der Waals surface area (Å²) in [7, 11) is 7.85. The van der Waals surface area contributed by atoms with Gasteiger partial charge in [-0.05, 0) is 26.9 Å². The Bertz CT molecular complexity index is 430. The van der Waals surface area contributed by atoms with E-state index in [2.05, 4.69) is 39.2 Å². The third kappa shape index (κ3) is 3.58. The molecule has 2 rings (SSSR count). The van der Waals surface area contributed by atoms with Gasteiger partial charge in [0.15, 0.2) is 5.82 Å². The monoisotopic (exact) mass is 279 g/mol. The van der Waals surface area contributed by atoms with Gasteiger partial charge in [-0.25, -0.2) is 9.97 Å². The van der Waals surface area contributed by atoms with Crippen molar-refractivity contribution in [3.8, 4) is 0 Å². The molecule has 1 aliphatic heterocycles. The molecule has 1 fully saturated rings. The second-order valence-electron chi connectivity index (χ2n) is 5.39. The maximum Gasteiger partial charge on any atom is 0.158 e. The molecule has 1 aromatic rings. The summed E-state index contributed by atoms with van der Waals surface area (Å²) < 4.78 is 5.14. The number of hydrogen-bond acceptors (Lipinski definition) is 6. The molecule has 0 atom stereocenters. The lowest BCUT2D eigenvalue weighted by atomic mass is 10.0. The number of methoxy groups -OCH3 is 1. The lowest BCUT2D eigenvalue weighted by molar-refractivity contribution is 0.178. The second kappa shape index (κ2) is 6.85. The standard InChI is InChI=1S/C14H25N5O/c1-15-12-9-14(17-13(16-12)10-20-4)19-7-5-11(6-8-19)18(2)3/h9,11H,5-8,10H2,1-4H3,(H,15,16,17). The molecule has 0 amide bonds. The maximum atomic E-state index is 5.14. The maximum absolute atomic E-state index is 5.14. The first-order chi connectivity index (χ1) is 9.63. The average Bonchev–Trinajstić information content (AvgIpc) is 2.47. The first-order valence-electron chi connectivity index (χ1n) is 7.10. The fraction of sp³-hybridized carbons (Fsp3) is 0.714. The van der Waals surface area contributed by atoms with Crippen molar-refractivity contribution in [1.82, 2.24) is 14.9 Å². The molecule has 2 heterocycles. The quantitative estimate of drug-likeness (QED) is 0.874. The Hall–Kier alpha value is -1.40. The molecule has 1 saturated heterocycles. The molecular formula is C14H25N5O. The van der Waals surface area contributed by atoms with Crippen LogP contribution in [0.2, 0.25) is 0 Å². The van der Waals surface area contributed by atoms with Gasteiger partial charge >= 0.3 is 0 Å². The van der Waals surface area contributed by atoms with E-state index in [1.54, 1.807) is 7.11 Å². The molecule has 112 valence electrons. The van der Waals surface area contributed by atoms with Crippen LogP contribution in [0.25, 0.3) is 0 Å². The number of nitrogens with zero attached hydrogens (tertiary/aromatic N) is 4. The first kappa shape index (κ1) is 15.0. The van der Waals surface area contributed by atoms with Crippen LogP contribution in [0.1, 0.15) is 18.7 Å². The summed E-state index contributed by atoms with van der Waals surface area (Å²) in [6.45, 7) is 2.52. The van der Waals surface area contributed by atoms with Crippen molar-refractivity contribution in [2.45, 2.75) is 25.5 Å². The molecule has 0 radical (unpaired) electrons. The summed E-state index contributed by atoms with van der Waals surface area (Å²) >= 11 is 0. The van der Waals surface area contributed by atoms with Crippen LogP contribution in [0, 0.1) is 0 Å². The zero-order valence-electron chi connectivity index (χ0n) is 12.9. The minimum absolute atomic E-state index is 0.441. The Balaban J connectivity index is 2.10. The Labute approximate surface area is 121 Å². The van der Waals surface area contributed by atoms with Crippen LogP contribution >= 0.6 is 0 Å². The Morgan fingerprint density at radius 2 is 2.05 bits per heavy atom. The lowest BCUT2D eigenvalue weighted by Crippen LogP contribution is -2.42. The van der Waals surface area contributed by atoms with Crippen LogP contribution in [0.4, 0.5) is 11.6 Å². The lowest BCUT2D eigenvalue weighted by Gasteiger charge is -2.36. The predicted octanol–water partition coefficient (Wildman–Crippen LogP) is 1.20. The number of anilines is 2. The van der Waals surface area contributed by atoms with Crippen LogP contribution < -0.4 is 10.2 Å². The van der Waals surface area contributed by atoms with Gasteiger partial charge in [0, 0.05) is 39.4 Å². The zero-order chi connectivity index (χ0) is 14.5.